The summed E-state index contributed by atoms with van der Waals surface area (Å²) in [5, 5.41) is 4.10. The number of hydrogen-bond acceptors (Lipinski definition) is 3. The summed E-state index contributed by atoms with van der Waals surface area (Å²) < 4.78 is 0. The van der Waals surface area contributed by atoms with E-state index in [9.17, 15) is 0 Å². The molecular formula is C12H14N2S. The smallest absolute Gasteiger partial charge is 0.108 e. The molecule has 2 nitrogen and oxygen atoms in total. The Balaban J connectivity index is 2.09. The Morgan fingerprint density at radius 1 is 1.27 bits per heavy atom. The summed E-state index contributed by atoms with van der Waals surface area (Å²) in [5.41, 5.74) is 2.35. The van der Waals surface area contributed by atoms with Crippen LogP contribution in [-0.4, -0.2) is 5.84 Å². The second-order valence-electron chi connectivity index (χ2n) is 3.65. The van der Waals surface area contributed by atoms with Crippen LogP contribution in [0.2, 0.25) is 0 Å². The number of anilines is 1. The minimum Gasteiger partial charge on any atom is -0.344 e. The molecule has 1 aromatic carbocycles. The maximum Gasteiger partial charge on any atom is 0.108 e. The van der Waals surface area contributed by atoms with Crippen LogP contribution in [0, 0.1) is 6.92 Å². The minimum atomic E-state index is 0.802. The molecule has 1 aliphatic rings. The number of allylic oxidation sites excluding steroid dienone is 1. The largest absolute Gasteiger partial charge is 0.344 e. The third kappa shape index (κ3) is 2.86. The number of rotatable bonds is 1. The molecule has 0 aromatic heterocycles. The van der Waals surface area contributed by atoms with Crippen molar-refractivity contribution in [2.45, 2.75) is 19.8 Å². The summed E-state index contributed by atoms with van der Waals surface area (Å²) in [7, 11) is 0. The number of nitrogens with zero attached hydrogens (tertiary/aromatic N) is 1. The highest BCUT2D eigenvalue weighted by Gasteiger charge is 2.04. The Morgan fingerprint density at radius 2 is 2.00 bits per heavy atom. The molecule has 15 heavy (non-hydrogen) atoms. The van der Waals surface area contributed by atoms with E-state index < -0.39 is 0 Å². The summed E-state index contributed by atoms with van der Waals surface area (Å²) in [5.74, 6) is 0.992. The summed E-state index contributed by atoms with van der Waals surface area (Å²) >= 11 is 4.24. The molecule has 1 N–H and O–H groups in total. The van der Waals surface area contributed by atoms with Gasteiger partial charge in [-0.3, -0.25) is 0 Å². The van der Waals surface area contributed by atoms with Crippen LogP contribution in [0.4, 0.5) is 5.69 Å². The molecule has 0 atom stereocenters. The standard InChI is InChI=1S/C12H14N2S/c1-9-5-7-10(8-6-9)13-11-3-2-4-12(15)14-11/h4-8,15H,2-3H2,1H3,(H,13,14). The van der Waals surface area contributed by atoms with Gasteiger partial charge in [-0.05, 0) is 25.5 Å². The van der Waals surface area contributed by atoms with Gasteiger partial charge in [-0.2, -0.15) is 0 Å². The van der Waals surface area contributed by atoms with Crippen LogP contribution in [0.3, 0.4) is 0 Å². The van der Waals surface area contributed by atoms with Crippen molar-refractivity contribution in [1.29, 1.82) is 0 Å². The van der Waals surface area contributed by atoms with Gasteiger partial charge in [-0.25, -0.2) is 4.99 Å². The molecule has 3 heteroatoms. The van der Waals surface area contributed by atoms with E-state index in [1.165, 1.54) is 5.56 Å². The summed E-state index contributed by atoms with van der Waals surface area (Å²) in [6.07, 6.45) is 4.00. The zero-order valence-corrected chi connectivity index (χ0v) is 9.59. The van der Waals surface area contributed by atoms with E-state index in [2.05, 4.69) is 54.1 Å². The van der Waals surface area contributed by atoms with Crippen molar-refractivity contribution in [3.05, 3.63) is 40.9 Å². The number of aryl methyl sites for hydroxylation is 1. The number of hydrogen-bond donors (Lipinski definition) is 2. The molecule has 0 spiro atoms. The molecule has 2 rings (SSSR count). The van der Waals surface area contributed by atoms with Crippen molar-refractivity contribution in [2.24, 2.45) is 4.99 Å². The second kappa shape index (κ2) is 4.53. The third-order valence-corrected chi connectivity index (χ3v) is 2.58. The fraction of sp³-hybridized carbons (Fsp3) is 0.250. The fourth-order valence-corrected chi connectivity index (χ4v) is 1.72. The molecule has 0 aliphatic carbocycles. The van der Waals surface area contributed by atoms with E-state index in [1.807, 2.05) is 6.08 Å². The molecule has 1 aromatic rings. The lowest BCUT2D eigenvalue weighted by Crippen LogP contribution is -2.13. The molecule has 0 saturated carbocycles. The molecular weight excluding hydrogens is 204 g/mol. The van der Waals surface area contributed by atoms with Gasteiger partial charge in [0.05, 0.1) is 5.03 Å². The molecule has 1 heterocycles. The second-order valence-corrected chi connectivity index (χ2v) is 4.11. The van der Waals surface area contributed by atoms with Crippen molar-refractivity contribution in [3.8, 4) is 0 Å². The molecule has 0 saturated heterocycles. The molecule has 0 bridgehead atoms. The summed E-state index contributed by atoms with van der Waals surface area (Å²) in [6, 6.07) is 8.30. The lowest BCUT2D eigenvalue weighted by atomic mass is 10.2. The average molecular weight is 218 g/mol. The maximum absolute atomic E-state index is 4.33. The minimum absolute atomic E-state index is 0.802. The van der Waals surface area contributed by atoms with Gasteiger partial charge in [0.1, 0.15) is 5.84 Å². The Kier molecular flexibility index (Phi) is 3.11. The average Bonchev–Trinajstić information content (AvgIpc) is 2.22. The van der Waals surface area contributed by atoms with Crippen molar-refractivity contribution < 1.29 is 0 Å². The number of nitrogens with one attached hydrogen (secondary N) is 1. The van der Waals surface area contributed by atoms with Gasteiger partial charge in [0.15, 0.2) is 0 Å². The highest BCUT2D eigenvalue weighted by atomic mass is 32.1. The summed E-state index contributed by atoms with van der Waals surface area (Å²) in [4.78, 5) is 4.33. The van der Waals surface area contributed by atoms with E-state index >= 15 is 0 Å². The van der Waals surface area contributed by atoms with Crippen LogP contribution in [0.25, 0.3) is 0 Å². The fourth-order valence-electron chi connectivity index (χ4n) is 1.47. The van der Waals surface area contributed by atoms with E-state index in [-0.39, 0.29) is 0 Å². The first-order chi connectivity index (χ1) is 7.24. The quantitative estimate of drug-likeness (QED) is 0.694. The topological polar surface area (TPSA) is 24.4 Å². The van der Waals surface area contributed by atoms with Crippen molar-refractivity contribution in [2.75, 3.05) is 5.32 Å². The van der Waals surface area contributed by atoms with Gasteiger partial charge >= 0.3 is 0 Å². The van der Waals surface area contributed by atoms with Gasteiger partial charge in [-0.15, -0.1) is 12.6 Å². The zero-order valence-electron chi connectivity index (χ0n) is 8.70. The first kappa shape index (κ1) is 10.3. The van der Waals surface area contributed by atoms with Crippen molar-refractivity contribution in [3.63, 3.8) is 0 Å². The van der Waals surface area contributed by atoms with Gasteiger partial charge in [0, 0.05) is 12.1 Å². The van der Waals surface area contributed by atoms with Gasteiger partial charge < -0.3 is 5.32 Å². The first-order valence-electron chi connectivity index (χ1n) is 5.04. The zero-order chi connectivity index (χ0) is 10.7. The number of thiol groups is 1. The molecule has 78 valence electrons. The number of amidine groups is 1. The Labute approximate surface area is 95.5 Å². The lowest BCUT2D eigenvalue weighted by molar-refractivity contribution is 1.05. The molecule has 0 amide bonds. The highest BCUT2D eigenvalue weighted by Crippen LogP contribution is 2.16. The van der Waals surface area contributed by atoms with Crippen LogP contribution >= 0.6 is 12.6 Å². The lowest BCUT2D eigenvalue weighted by Gasteiger charge is -2.12. The van der Waals surface area contributed by atoms with Crippen LogP contribution < -0.4 is 5.32 Å². The van der Waals surface area contributed by atoms with E-state index in [1.54, 1.807) is 0 Å². The molecule has 0 radical (unpaired) electrons. The molecule has 0 fully saturated rings. The number of aliphatic imine (C=N–C) groups is 1. The van der Waals surface area contributed by atoms with Crippen molar-refractivity contribution in [1.82, 2.24) is 0 Å². The van der Waals surface area contributed by atoms with Crippen LogP contribution in [0.5, 0.6) is 0 Å². The Hall–Kier alpha value is -1.22. The number of benzene rings is 1. The molecule has 0 unspecified atom stereocenters. The van der Waals surface area contributed by atoms with E-state index in [0.29, 0.717) is 0 Å². The molecule has 1 aliphatic heterocycles. The van der Waals surface area contributed by atoms with Crippen LogP contribution in [0.15, 0.2) is 40.4 Å². The highest BCUT2D eigenvalue weighted by molar-refractivity contribution is 7.84. The third-order valence-electron chi connectivity index (χ3n) is 2.30. The van der Waals surface area contributed by atoms with Crippen LogP contribution in [0.1, 0.15) is 18.4 Å². The van der Waals surface area contributed by atoms with Gasteiger partial charge in [-0.1, -0.05) is 23.8 Å². The van der Waals surface area contributed by atoms with Gasteiger partial charge in [0.25, 0.3) is 0 Å². The first-order valence-corrected chi connectivity index (χ1v) is 5.49. The van der Waals surface area contributed by atoms with E-state index in [4.69, 9.17) is 0 Å². The SMILES string of the molecule is Cc1ccc(NC2=NC(S)=CCC2)cc1. The Bertz CT molecular complexity index is 404. The maximum atomic E-state index is 4.33. The van der Waals surface area contributed by atoms with Crippen LogP contribution in [-0.2, 0) is 0 Å². The van der Waals surface area contributed by atoms with Crippen molar-refractivity contribution >= 4 is 24.2 Å². The van der Waals surface area contributed by atoms with E-state index in [0.717, 1.165) is 29.4 Å². The monoisotopic (exact) mass is 218 g/mol. The summed E-state index contributed by atoms with van der Waals surface area (Å²) in [6.45, 7) is 2.08. The Morgan fingerprint density at radius 3 is 2.67 bits per heavy atom. The normalized spacial score (nSPS) is 15.6. The predicted molar refractivity (Wildman–Crippen MR) is 68.5 cm³/mol. The van der Waals surface area contributed by atoms with Gasteiger partial charge in [0.2, 0.25) is 0 Å². The predicted octanol–water partition coefficient (Wildman–Crippen LogP) is 3.37.